The van der Waals surface area contributed by atoms with Crippen molar-refractivity contribution in [1.82, 2.24) is 15.1 Å². The predicted octanol–water partition coefficient (Wildman–Crippen LogP) is 4.99. The van der Waals surface area contributed by atoms with Crippen LogP contribution in [0.2, 0.25) is 5.02 Å². The Balaban J connectivity index is 1.56. The topological polar surface area (TPSA) is 76.4 Å². The molecule has 1 aromatic heterocycles. The number of hydrogen-bond acceptors (Lipinski definition) is 5. The molecule has 0 spiro atoms. The van der Waals surface area contributed by atoms with Crippen LogP contribution in [0.1, 0.15) is 38.2 Å². The number of carbonyl (C=O) groups excluding carboxylic acids is 1. The van der Waals surface area contributed by atoms with Crippen LogP contribution in [0.4, 0.5) is 0 Å². The molecule has 0 unspecified atom stereocenters. The van der Waals surface area contributed by atoms with Crippen molar-refractivity contribution in [1.29, 1.82) is 0 Å². The van der Waals surface area contributed by atoms with E-state index in [0.29, 0.717) is 48.1 Å². The van der Waals surface area contributed by atoms with Gasteiger partial charge in [0.2, 0.25) is 0 Å². The quantitative estimate of drug-likeness (QED) is 0.300. The summed E-state index contributed by atoms with van der Waals surface area (Å²) in [5.74, 6) is 0.388. The Morgan fingerprint density at radius 2 is 1.83 bits per heavy atom. The molecular weight excluding hydrogens is 462 g/mol. The van der Waals surface area contributed by atoms with Crippen LogP contribution in [0.15, 0.2) is 42.5 Å². The Labute approximate surface area is 209 Å². The molecule has 6 nitrogen and oxygen atoms in total. The number of carbonyl (C=O) groups is 1. The summed E-state index contributed by atoms with van der Waals surface area (Å²) in [4.78, 5) is 13.8. The van der Waals surface area contributed by atoms with E-state index in [4.69, 9.17) is 26.5 Å². The molecule has 4 aromatic rings. The highest BCUT2D eigenvalue weighted by Crippen LogP contribution is 2.44. The lowest BCUT2D eigenvalue weighted by molar-refractivity contribution is 0.103. The second-order valence-electron chi connectivity index (χ2n) is 9.04. The van der Waals surface area contributed by atoms with E-state index in [1.54, 1.807) is 6.07 Å². The van der Waals surface area contributed by atoms with Gasteiger partial charge in [0.25, 0.3) is 0 Å². The smallest absolute Gasteiger partial charge is 0.199 e. The van der Waals surface area contributed by atoms with E-state index in [0.717, 1.165) is 27.7 Å². The molecule has 3 aromatic carbocycles. The Morgan fingerprint density at radius 3 is 2.57 bits per heavy atom. The van der Waals surface area contributed by atoms with E-state index in [-0.39, 0.29) is 12.4 Å². The number of aromatic nitrogens is 2. The first kappa shape index (κ1) is 23.5. The Morgan fingerprint density at radius 1 is 1.06 bits per heavy atom. The highest BCUT2D eigenvalue weighted by atomic mass is 35.5. The summed E-state index contributed by atoms with van der Waals surface area (Å²) in [6.07, 6.45) is 0. The van der Waals surface area contributed by atoms with Crippen molar-refractivity contribution < 1.29 is 14.6 Å². The van der Waals surface area contributed by atoms with Crippen molar-refractivity contribution in [3.63, 3.8) is 0 Å². The maximum absolute atomic E-state index is 13.8. The van der Waals surface area contributed by atoms with E-state index in [2.05, 4.69) is 38.2 Å². The van der Waals surface area contributed by atoms with Crippen LogP contribution in [0, 0.1) is 20.8 Å². The minimum atomic E-state index is -0.144. The third-order valence-corrected chi connectivity index (χ3v) is 6.92. The van der Waals surface area contributed by atoms with Crippen molar-refractivity contribution in [2.45, 2.75) is 33.9 Å². The number of fused-ring (bicyclic) bond motifs is 2. The van der Waals surface area contributed by atoms with Gasteiger partial charge in [-0.15, -0.1) is 0 Å². The molecule has 0 saturated heterocycles. The fourth-order valence-corrected chi connectivity index (χ4v) is 5.25. The normalized spacial score (nSPS) is 12.3. The summed E-state index contributed by atoms with van der Waals surface area (Å²) in [6, 6.07) is 13.6. The Bertz CT molecular complexity index is 1430. The summed E-state index contributed by atoms with van der Waals surface area (Å²) in [5, 5.41) is 18.3. The largest absolute Gasteiger partial charge is 0.488 e. The summed E-state index contributed by atoms with van der Waals surface area (Å²) in [6.45, 7) is 8.47. The molecule has 0 aliphatic heterocycles. The van der Waals surface area contributed by atoms with Crippen molar-refractivity contribution >= 4 is 28.3 Å². The molecule has 0 atom stereocenters. The maximum atomic E-state index is 13.8. The molecule has 5 rings (SSSR count). The minimum absolute atomic E-state index is 0.0805. The number of ketones is 1. The van der Waals surface area contributed by atoms with Crippen molar-refractivity contribution in [3.8, 4) is 17.0 Å². The Hall–Kier alpha value is -3.19. The van der Waals surface area contributed by atoms with Crippen molar-refractivity contribution in [3.05, 3.63) is 80.9 Å². The first-order valence-corrected chi connectivity index (χ1v) is 12.2. The molecular formula is C28H28ClN3O3. The average Bonchev–Trinajstić information content (AvgIpc) is 3.19. The number of halogens is 1. The first-order chi connectivity index (χ1) is 16.9. The van der Waals surface area contributed by atoms with Crippen LogP contribution in [0.25, 0.3) is 22.2 Å². The van der Waals surface area contributed by atoms with Gasteiger partial charge in [0.15, 0.2) is 5.78 Å². The Kier molecular flexibility index (Phi) is 6.36. The second-order valence-corrected chi connectivity index (χ2v) is 9.44. The molecule has 0 radical (unpaired) electrons. The van der Waals surface area contributed by atoms with Gasteiger partial charge in [0, 0.05) is 24.0 Å². The van der Waals surface area contributed by atoms with Crippen molar-refractivity contribution in [2.24, 2.45) is 0 Å². The number of rotatable bonds is 8. The van der Waals surface area contributed by atoms with Gasteiger partial charge < -0.3 is 15.2 Å². The van der Waals surface area contributed by atoms with E-state index < -0.39 is 0 Å². The number of nitrogens with zero attached hydrogens (tertiary/aromatic N) is 2. The molecule has 35 heavy (non-hydrogen) atoms. The lowest BCUT2D eigenvalue weighted by Crippen LogP contribution is -2.23. The summed E-state index contributed by atoms with van der Waals surface area (Å²) < 4.78 is 8.17. The van der Waals surface area contributed by atoms with Crippen LogP contribution >= 0.6 is 11.6 Å². The first-order valence-electron chi connectivity index (χ1n) is 11.8. The van der Waals surface area contributed by atoms with Gasteiger partial charge in [0.05, 0.1) is 34.8 Å². The average molecular weight is 490 g/mol. The molecule has 2 N–H and O–H groups in total. The van der Waals surface area contributed by atoms with Crippen LogP contribution in [-0.2, 0) is 13.2 Å². The van der Waals surface area contributed by atoms with Gasteiger partial charge in [0.1, 0.15) is 18.1 Å². The molecule has 0 amide bonds. The second kappa shape index (κ2) is 9.46. The number of aliphatic hydroxyl groups excluding tert-OH is 1. The fraction of sp³-hybridized carbons (Fsp3) is 0.286. The molecule has 0 bridgehead atoms. The molecule has 180 valence electrons. The monoisotopic (exact) mass is 489 g/mol. The zero-order valence-electron chi connectivity index (χ0n) is 20.1. The van der Waals surface area contributed by atoms with Gasteiger partial charge in [-0.05, 0) is 55.7 Å². The van der Waals surface area contributed by atoms with Gasteiger partial charge >= 0.3 is 0 Å². The number of benzene rings is 3. The van der Waals surface area contributed by atoms with Gasteiger partial charge in [-0.25, -0.2) is 0 Å². The zero-order valence-corrected chi connectivity index (χ0v) is 20.9. The van der Waals surface area contributed by atoms with Crippen LogP contribution < -0.4 is 10.1 Å². The summed E-state index contributed by atoms with van der Waals surface area (Å²) in [5.41, 5.74) is 8.01. The number of aryl methyl sites for hydroxylation is 3. The third kappa shape index (κ3) is 4.12. The third-order valence-electron chi connectivity index (χ3n) is 6.60. The molecule has 1 heterocycles. The highest BCUT2D eigenvalue weighted by Gasteiger charge is 2.33. The van der Waals surface area contributed by atoms with Gasteiger partial charge in [-0.1, -0.05) is 41.4 Å². The minimum Gasteiger partial charge on any atom is -0.488 e. The van der Waals surface area contributed by atoms with E-state index in [1.165, 1.54) is 16.7 Å². The van der Waals surface area contributed by atoms with Crippen LogP contribution in [0.5, 0.6) is 5.75 Å². The number of nitrogens with one attached hydrogen (secondary N) is 1. The predicted molar refractivity (Wildman–Crippen MR) is 139 cm³/mol. The van der Waals surface area contributed by atoms with Gasteiger partial charge in [-0.3, -0.25) is 9.48 Å². The molecule has 0 fully saturated rings. The molecule has 1 aliphatic carbocycles. The lowest BCUT2D eigenvalue weighted by Gasteiger charge is -2.20. The number of ether oxygens (including phenoxy) is 1. The lowest BCUT2D eigenvalue weighted by atomic mass is 9.86. The SMILES string of the molecule is Cc1cc(C)c(COc2cccc3c2C(=O)c2c(Cl)ccc4c2c-3nn4CCNCCO)c(C)c1. The molecule has 7 heteroatoms. The maximum Gasteiger partial charge on any atom is 0.199 e. The standard InChI is InChI=1S/C28H28ClN3O3/c1-16-13-17(2)20(18(3)14-16)15-35-23-6-4-5-19-24(23)28(34)25-21(29)7-8-22-26(25)27(19)31-32(22)11-9-30-10-12-33/h4-8,13-14,30,33H,9-12,15H2,1-3H3. The zero-order chi connectivity index (χ0) is 24.7. The van der Waals surface area contributed by atoms with Gasteiger partial charge in [-0.2, -0.15) is 5.10 Å². The van der Waals surface area contributed by atoms with Crippen molar-refractivity contribution in [2.75, 3.05) is 19.7 Å². The molecule has 0 saturated carbocycles. The van der Waals surface area contributed by atoms with E-state index >= 15 is 0 Å². The fourth-order valence-electron chi connectivity index (χ4n) is 5.01. The summed E-state index contributed by atoms with van der Waals surface area (Å²) >= 11 is 6.57. The molecule has 1 aliphatic rings. The summed E-state index contributed by atoms with van der Waals surface area (Å²) in [7, 11) is 0. The number of aliphatic hydroxyl groups is 1. The highest BCUT2D eigenvalue weighted by molar-refractivity contribution is 6.39. The van der Waals surface area contributed by atoms with Crippen LogP contribution in [-0.4, -0.2) is 40.4 Å². The van der Waals surface area contributed by atoms with Crippen LogP contribution in [0.3, 0.4) is 0 Å². The van der Waals surface area contributed by atoms with E-state index in [1.807, 2.05) is 28.9 Å². The van der Waals surface area contributed by atoms with E-state index in [9.17, 15) is 4.79 Å². The number of hydrogen-bond donors (Lipinski definition) is 2.